The molecule has 5 nitrogen and oxygen atoms in total. The number of hydrogen-bond acceptors (Lipinski definition) is 5. The van der Waals surface area contributed by atoms with Gasteiger partial charge < -0.3 is 25.1 Å². The van der Waals surface area contributed by atoms with Gasteiger partial charge >= 0.3 is 0 Å². The predicted octanol–water partition coefficient (Wildman–Crippen LogP) is 0.596. The largest absolute Gasteiger partial charge is 0.486 e. The Balaban J connectivity index is 2.40. The Morgan fingerprint density at radius 3 is 2.59 bits per heavy atom. The van der Waals surface area contributed by atoms with Gasteiger partial charge in [0.25, 0.3) is 0 Å². The monoisotopic (exact) mass is 239 g/mol. The van der Waals surface area contributed by atoms with Gasteiger partial charge in [-0.1, -0.05) is 0 Å². The van der Waals surface area contributed by atoms with Crippen LogP contribution in [-0.2, 0) is 11.3 Å². The van der Waals surface area contributed by atoms with E-state index >= 15 is 0 Å². The fourth-order valence-corrected chi connectivity index (χ4v) is 1.86. The highest BCUT2D eigenvalue weighted by molar-refractivity contribution is 5.48. The summed E-state index contributed by atoms with van der Waals surface area (Å²) in [6.45, 7) is 1.63. The third kappa shape index (κ3) is 2.52. The summed E-state index contributed by atoms with van der Waals surface area (Å²) in [5, 5.41) is 9.86. The van der Waals surface area contributed by atoms with Crippen LogP contribution in [0.4, 0.5) is 0 Å². The highest BCUT2D eigenvalue weighted by atomic mass is 16.6. The molecule has 0 fully saturated rings. The maximum absolute atomic E-state index is 9.86. The molecule has 0 saturated heterocycles. The van der Waals surface area contributed by atoms with E-state index in [1.165, 1.54) is 0 Å². The van der Waals surface area contributed by atoms with Crippen LogP contribution in [0.15, 0.2) is 12.1 Å². The molecule has 1 aliphatic heterocycles. The van der Waals surface area contributed by atoms with Gasteiger partial charge in [-0.2, -0.15) is 0 Å². The SMILES string of the molecule is COCc1cc2c(cc1C(O)CN)OCCO2. The maximum atomic E-state index is 9.86. The first-order chi connectivity index (χ1) is 8.26. The zero-order valence-electron chi connectivity index (χ0n) is 9.81. The molecule has 0 radical (unpaired) electrons. The zero-order chi connectivity index (χ0) is 12.3. The van der Waals surface area contributed by atoms with E-state index in [1.807, 2.05) is 6.07 Å². The number of fused-ring (bicyclic) bond motifs is 1. The summed E-state index contributed by atoms with van der Waals surface area (Å²) in [4.78, 5) is 0. The summed E-state index contributed by atoms with van der Waals surface area (Å²) in [7, 11) is 1.61. The molecule has 5 heteroatoms. The molecule has 3 N–H and O–H groups in total. The molecule has 1 aromatic rings. The van der Waals surface area contributed by atoms with Gasteiger partial charge in [-0.05, 0) is 23.3 Å². The fourth-order valence-electron chi connectivity index (χ4n) is 1.86. The highest BCUT2D eigenvalue weighted by Gasteiger charge is 2.19. The van der Waals surface area contributed by atoms with E-state index in [2.05, 4.69) is 0 Å². The molecule has 1 atom stereocenters. The molecular formula is C12H17NO4. The van der Waals surface area contributed by atoms with Gasteiger partial charge in [0.1, 0.15) is 13.2 Å². The first-order valence-corrected chi connectivity index (χ1v) is 5.55. The number of ether oxygens (including phenoxy) is 3. The minimum atomic E-state index is -0.712. The van der Waals surface area contributed by atoms with Crippen LogP contribution in [0.25, 0.3) is 0 Å². The van der Waals surface area contributed by atoms with Crippen molar-refractivity contribution in [1.82, 2.24) is 0 Å². The summed E-state index contributed by atoms with van der Waals surface area (Å²) in [6, 6.07) is 3.62. The van der Waals surface area contributed by atoms with Crippen LogP contribution in [0, 0.1) is 0 Å². The second-order valence-electron chi connectivity index (χ2n) is 3.88. The molecule has 17 heavy (non-hydrogen) atoms. The normalized spacial score (nSPS) is 15.7. The van der Waals surface area contributed by atoms with Gasteiger partial charge in [-0.25, -0.2) is 0 Å². The van der Waals surface area contributed by atoms with Gasteiger partial charge in [0, 0.05) is 13.7 Å². The minimum Gasteiger partial charge on any atom is -0.486 e. The number of hydrogen-bond donors (Lipinski definition) is 2. The number of rotatable bonds is 4. The molecule has 1 unspecified atom stereocenters. The fraction of sp³-hybridized carbons (Fsp3) is 0.500. The third-order valence-corrected chi connectivity index (χ3v) is 2.69. The summed E-state index contributed by atoms with van der Waals surface area (Å²) in [6.07, 6.45) is -0.712. The topological polar surface area (TPSA) is 73.9 Å². The van der Waals surface area contributed by atoms with Crippen LogP contribution in [-0.4, -0.2) is 32.0 Å². The van der Waals surface area contributed by atoms with E-state index in [0.29, 0.717) is 31.3 Å². The number of aliphatic hydroxyl groups excluding tert-OH is 1. The number of benzene rings is 1. The first-order valence-electron chi connectivity index (χ1n) is 5.55. The van der Waals surface area contributed by atoms with E-state index in [9.17, 15) is 5.11 Å². The minimum absolute atomic E-state index is 0.163. The van der Waals surface area contributed by atoms with Crippen molar-refractivity contribution in [1.29, 1.82) is 0 Å². The molecule has 1 aromatic carbocycles. The van der Waals surface area contributed by atoms with Crippen molar-refractivity contribution in [2.45, 2.75) is 12.7 Å². The van der Waals surface area contributed by atoms with Gasteiger partial charge in [0.15, 0.2) is 11.5 Å². The molecule has 0 bridgehead atoms. The summed E-state index contributed by atoms with van der Waals surface area (Å²) < 4.78 is 16.1. The van der Waals surface area contributed by atoms with E-state index in [1.54, 1.807) is 13.2 Å². The standard InChI is InChI=1S/C12H17NO4/c1-15-7-8-4-11-12(17-3-2-16-11)5-9(8)10(14)6-13/h4-5,10,14H,2-3,6-7,13H2,1H3. The lowest BCUT2D eigenvalue weighted by Gasteiger charge is -2.22. The second-order valence-corrected chi connectivity index (χ2v) is 3.88. The Labute approximate surface area is 100 Å². The van der Waals surface area contributed by atoms with Crippen LogP contribution in [0.3, 0.4) is 0 Å². The molecule has 0 aromatic heterocycles. The van der Waals surface area contributed by atoms with Crippen molar-refractivity contribution in [2.24, 2.45) is 5.73 Å². The Bertz CT molecular complexity index is 394. The van der Waals surface area contributed by atoms with Crippen LogP contribution in [0.5, 0.6) is 11.5 Å². The average molecular weight is 239 g/mol. The Hall–Kier alpha value is -1.30. The van der Waals surface area contributed by atoms with Crippen molar-refractivity contribution in [3.05, 3.63) is 23.3 Å². The van der Waals surface area contributed by atoms with Gasteiger partial charge in [-0.3, -0.25) is 0 Å². The molecule has 0 saturated carbocycles. The summed E-state index contributed by atoms with van der Waals surface area (Å²) >= 11 is 0. The first kappa shape index (κ1) is 12.2. The van der Waals surface area contributed by atoms with Crippen LogP contribution < -0.4 is 15.2 Å². The zero-order valence-corrected chi connectivity index (χ0v) is 9.81. The Morgan fingerprint density at radius 1 is 1.35 bits per heavy atom. The quantitative estimate of drug-likeness (QED) is 0.804. The maximum Gasteiger partial charge on any atom is 0.161 e. The smallest absolute Gasteiger partial charge is 0.161 e. The molecule has 0 aliphatic carbocycles. The van der Waals surface area contributed by atoms with Crippen molar-refractivity contribution in [3.63, 3.8) is 0 Å². The van der Waals surface area contributed by atoms with Crippen LogP contribution >= 0.6 is 0 Å². The number of aliphatic hydroxyl groups is 1. The molecule has 1 aliphatic rings. The average Bonchev–Trinajstić information content (AvgIpc) is 2.37. The predicted molar refractivity (Wildman–Crippen MR) is 62.2 cm³/mol. The van der Waals surface area contributed by atoms with Gasteiger partial charge in [-0.15, -0.1) is 0 Å². The molecule has 94 valence electrons. The van der Waals surface area contributed by atoms with E-state index < -0.39 is 6.10 Å². The molecule has 0 amide bonds. The third-order valence-electron chi connectivity index (χ3n) is 2.69. The lowest BCUT2D eigenvalue weighted by atomic mass is 10.0. The molecule has 0 spiro atoms. The highest BCUT2D eigenvalue weighted by Crippen LogP contribution is 2.35. The van der Waals surface area contributed by atoms with Crippen molar-refractivity contribution in [3.8, 4) is 11.5 Å². The van der Waals surface area contributed by atoms with Gasteiger partial charge in [0.2, 0.25) is 0 Å². The molecule has 2 rings (SSSR count). The van der Waals surface area contributed by atoms with E-state index in [4.69, 9.17) is 19.9 Å². The van der Waals surface area contributed by atoms with Gasteiger partial charge in [0.05, 0.1) is 12.7 Å². The number of methoxy groups -OCH3 is 1. The van der Waals surface area contributed by atoms with E-state index in [0.717, 1.165) is 11.1 Å². The lowest BCUT2D eigenvalue weighted by molar-refractivity contribution is 0.156. The lowest BCUT2D eigenvalue weighted by Crippen LogP contribution is -2.18. The van der Waals surface area contributed by atoms with Crippen LogP contribution in [0.2, 0.25) is 0 Å². The molecule has 1 heterocycles. The van der Waals surface area contributed by atoms with Crippen LogP contribution in [0.1, 0.15) is 17.2 Å². The van der Waals surface area contributed by atoms with Crippen molar-refractivity contribution >= 4 is 0 Å². The Morgan fingerprint density at radius 2 is 2.00 bits per heavy atom. The van der Waals surface area contributed by atoms with Crippen molar-refractivity contribution in [2.75, 3.05) is 26.9 Å². The Kier molecular flexibility index (Phi) is 3.83. The van der Waals surface area contributed by atoms with Crippen molar-refractivity contribution < 1.29 is 19.3 Å². The molecular weight excluding hydrogens is 222 g/mol. The summed E-state index contributed by atoms with van der Waals surface area (Å²) in [5.74, 6) is 1.34. The second kappa shape index (κ2) is 5.35. The summed E-state index contributed by atoms with van der Waals surface area (Å²) in [5.41, 5.74) is 7.09. The number of nitrogens with two attached hydrogens (primary N) is 1. The van der Waals surface area contributed by atoms with E-state index in [-0.39, 0.29) is 6.54 Å².